The molecule has 0 bridgehead atoms. The molecule has 1 unspecified atom stereocenters. The van der Waals surface area contributed by atoms with E-state index in [9.17, 15) is 4.79 Å². The Labute approximate surface area is 145 Å². The van der Waals surface area contributed by atoms with Gasteiger partial charge in [-0.25, -0.2) is 4.79 Å². The first-order valence-corrected chi connectivity index (χ1v) is 8.32. The van der Waals surface area contributed by atoms with Crippen molar-refractivity contribution in [2.45, 2.75) is 26.1 Å². The molecule has 1 aliphatic rings. The molecule has 3 rings (SSSR count). The van der Waals surface area contributed by atoms with Crippen molar-refractivity contribution in [1.82, 2.24) is 25.0 Å². The standard InChI is InChI=1S/C16H20ClN5O2/c1-2-21-11-19-20-15(21)9-18-16(23)22-7-8-24-14(10-22)12-5-3-4-6-13(12)17/h3-6,11,14H,2,7-10H2,1H3,(H,18,23). The van der Waals surface area contributed by atoms with Gasteiger partial charge in [-0.3, -0.25) is 0 Å². The van der Waals surface area contributed by atoms with Gasteiger partial charge in [0.15, 0.2) is 5.82 Å². The highest BCUT2D eigenvalue weighted by Gasteiger charge is 2.26. The van der Waals surface area contributed by atoms with Gasteiger partial charge in [0.2, 0.25) is 0 Å². The number of morpholine rings is 1. The topological polar surface area (TPSA) is 72.3 Å². The lowest BCUT2D eigenvalue weighted by Gasteiger charge is -2.33. The number of carbonyl (C=O) groups is 1. The van der Waals surface area contributed by atoms with E-state index >= 15 is 0 Å². The minimum Gasteiger partial charge on any atom is -0.370 e. The Morgan fingerprint density at radius 3 is 3.08 bits per heavy atom. The molecule has 1 aromatic heterocycles. The maximum atomic E-state index is 12.4. The van der Waals surface area contributed by atoms with E-state index in [1.807, 2.05) is 35.8 Å². The quantitative estimate of drug-likeness (QED) is 0.918. The van der Waals surface area contributed by atoms with Crippen molar-refractivity contribution < 1.29 is 9.53 Å². The number of benzene rings is 1. The Hall–Kier alpha value is -2.12. The summed E-state index contributed by atoms with van der Waals surface area (Å²) in [5.74, 6) is 0.738. The third-order valence-corrected chi connectivity index (χ3v) is 4.38. The number of hydrogen-bond acceptors (Lipinski definition) is 4. The molecule has 0 spiro atoms. The van der Waals surface area contributed by atoms with Gasteiger partial charge >= 0.3 is 6.03 Å². The molecule has 1 saturated heterocycles. The predicted octanol–water partition coefficient (Wildman–Crippen LogP) is 2.23. The molecule has 2 heterocycles. The van der Waals surface area contributed by atoms with Crippen LogP contribution in [0.1, 0.15) is 24.4 Å². The predicted molar refractivity (Wildman–Crippen MR) is 89.6 cm³/mol. The average molecular weight is 350 g/mol. The van der Waals surface area contributed by atoms with Gasteiger partial charge < -0.3 is 19.5 Å². The van der Waals surface area contributed by atoms with Crippen LogP contribution in [0.5, 0.6) is 0 Å². The second-order valence-electron chi connectivity index (χ2n) is 5.52. The van der Waals surface area contributed by atoms with Gasteiger partial charge in [-0.05, 0) is 13.0 Å². The molecule has 7 nitrogen and oxygen atoms in total. The van der Waals surface area contributed by atoms with Crippen molar-refractivity contribution in [2.24, 2.45) is 0 Å². The summed E-state index contributed by atoms with van der Waals surface area (Å²) in [5.41, 5.74) is 0.905. The summed E-state index contributed by atoms with van der Waals surface area (Å²) in [4.78, 5) is 14.2. The van der Waals surface area contributed by atoms with E-state index in [1.165, 1.54) is 0 Å². The molecule has 1 fully saturated rings. The zero-order chi connectivity index (χ0) is 16.9. The van der Waals surface area contributed by atoms with E-state index in [-0.39, 0.29) is 12.1 Å². The molecule has 0 saturated carbocycles. The van der Waals surface area contributed by atoms with Gasteiger partial charge in [0.25, 0.3) is 0 Å². The van der Waals surface area contributed by atoms with E-state index in [0.717, 1.165) is 17.9 Å². The highest BCUT2D eigenvalue weighted by atomic mass is 35.5. The minimum atomic E-state index is -0.211. The number of nitrogens with one attached hydrogen (secondary N) is 1. The van der Waals surface area contributed by atoms with Gasteiger partial charge in [0, 0.05) is 23.7 Å². The zero-order valence-electron chi connectivity index (χ0n) is 13.5. The normalized spacial score (nSPS) is 17.8. The lowest BCUT2D eigenvalue weighted by molar-refractivity contribution is -0.0154. The highest BCUT2D eigenvalue weighted by molar-refractivity contribution is 6.31. The number of nitrogens with zero attached hydrogens (tertiary/aromatic N) is 4. The monoisotopic (exact) mass is 349 g/mol. The van der Waals surface area contributed by atoms with Gasteiger partial charge in [-0.15, -0.1) is 10.2 Å². The zero-order valence-corrected chi connectivity index (χ0v) is 14.2. The summed E-state index contributed by atoms with van der Waals surface area (Å²) >= 11 is 6.23. The van der Waals surface area contributed by atoms with Crippen LogP contribution in [-0.2, 0) is 17.8 Å². The number of aromatic nitrogens is 3. The largest absolute Gasteiger partial charge is 0.370 e. The molecule has 128 valence electrons. The molecule has 1 aliphatic heterocycles. The van der Waals surface area contributed by atoms with E-state index in [0.29, 0.717) is 31.3 Å². The van der Waals surface area contributed by atoms with Crippen molar-refractivity contribution in [3.8, 4) is 0 Å². The third kappa shape index (κ3) is 3.68. The average Bonchev–Trinajstić information content (AvgIpc) is 3.07. The Balaban J connectivity index is 1.60. The van der Waals surface area contributed by atoms with Crippen LogP contribution in [0.4, 0.5) is 4.79 Å². The van der Waals surface area contributed by atoms with E-state index in [1.54, 1.807) is 11.2 Å². The molecule has 0 radical (unpaired) electrons. The number of rotatable bonds is 4. The number of hydrogen-bond donors (Lipinski definition) is 1. The number of aryl methyl sites for hydroxylation is 1. The van der Waals surface area contributed by atoms with Crippen LogP contribution in [0.15, 0.2) is 30.6 Å². The Morgan fingerprint density at radius 2 is 2.29 bits per heavy atom. The summed E-state index contributed by atoms with van der Waals surface area (Å²) in [6.07, 6.45) is 1.45. The van der Waals surface area contributed by atoms with Gasteiger partial charge in [0.1, 0.15) is 12.4 Å². The van der Waals surface area contributed by atoms with E-state index in [2.05, 4.69) is 15.5 Å². The maximum absolute atomic E-state index is 12.4. The number of carbonyl (C=O) groups excluding carboxylic acids is 1. The summed E-state index contributed by atoms with van der Waals surface area (Å²) in [5, 5.41) is 11.4. The SMILES string of the molecule is CCn1cnnc1CNC(=O)N1CCOC(c2ccccc2Cl)C1. The molecular weight excluding hydrogens is 330 g/mol. The Kier molecular flexibility index (Phi) is 5.32. The third-order valence-electron chi connectivity index (χ3n) is 4.04. The number of amides is 2. The van der Waals surface area contributed by atoms with Gasteiger partial charge in [-0.2, -0.15) is 0 Å². The molecule has 8 heteroatoms. The molecule has 1 aromatic carbocycles. The smallest absolute Gasteiger partial charge is 0.317 e. The first-order chi connectivity index (χ1) is 11.7. The maximum Gasteiger partial charge on any atom is 0.317 e. The first kappa shape index (κ1) is 16.7. The molecule has 2 aromatic rings. The molecule has 2 amide bonds. The highest BCUT2D eigenvalue weighted by Crippen LogP contribution is 2.28. The lowest BCUT2D eigenvalue weighted by atomic mass is 10.1. The van der Waals surface area contributed by atoms with Crippen LogP contribution in [0.3, 0.4) is 0 Å². The van der Waals surface area contributed by atoms with Crippen LogP contribution in [0.25, 0.3) is 0 Å². The Morgan fingerprint density at radius 1 is 1.46 bits per heavy atom. The van der Waals surface area contributed by atoms with E-state index < -0.39 is 0 Å². The molecule has 24 heavy (non-hydrogen) atoms. The van der Waals surface area contributed by atoms with Crippen molar-refractivity contribution in [2.75, 3.05) is 19.7 Å². The van der Waals surface area contributed by atoms with Crippen LogP contribution >= 0.6 is 11.6 Å². The molecule has 1 N–H and O–H groups in total. The molecular formula is C16H20ClN5O2. The van der Waals surface area contributed by atoms with Crippen LogP contribution < -0.4 is 5.32 Å². The molecule has 0 aliphatic carbocycles. The Bertz CT molecular complexity index is 705. The number of halogens is 1. The summed E-state index contributed by atoms with van der Waals surface area (Å²) in [7, 11) is 0. The van der Waals surface area contributed by atoms with Crippen molar-refractivity contribution in [3.05, 3.63) is 47.0 Å². The van der Waals surface area contributed by atoms with Crippen molar-refractivity contribution in [1.29, 1.82) is 0 Å². The minimum absolute atomic E-state index is 0.138. The second kappa shape index (κ2) is 7.63. The second-order valence-corrected chi connectivity index (χ2v) is 5.93. The summed E-state index contributed by atoms with van der Waals surface area (Å²) in [6, 6.07) is 7.42. The van der Waals surface area contributed by atoms with Crippen molar-refractivity contribution >= 4 is 17.6 Å². The fraction of sp³-hybridized carbons (Fsp3) is 0.438. The number of urea groups is 1. The van der Waals surface area contributed by atoms with Gasteiger partial charge in [0.05, 0.1) is 19.7 Å². The molecule has 1 atom stereocenters. The number of ether oxygens (including phenoxy) is 1. The van der Waals surface area contributed by atoms with Crippen LogP contribution in [-0.4, -0.2) is 45.4 Å². The first-order valence-electron chi connectivity index (χ1n) is 7.94. The van der Waals surface area contributed by atoms with Gasteiger partial charge in [-0.1, -0.05) is 29.8 Å². The van der Waals surface area contributed by atoms with Crippen LogP contribution in [0.2, 0.25) is 5.02 Å². The van der Waals surface area contributed by atoms with E-state index in [4.69, 9.17) is 16.3 Å². The van der Waals surface area contributed by atoms with Crippen molar-refractivity contribution in [3.63, 3.8) is 0 Å². The van der Waals surface area contributed by atoms with Crippen LogP contribution in [0, 0.1) is 0 Å². The fourth-order valence-electron chi connectivity index (χ4n) is 2.70. The lowest BCUT2D eigenvalue weighted by Crippen LogP contribution is -2.47. The summed E-state index contributed by atoms with van der Waals surface area (Å²) < 4.78 is 7.67. The summed E-state index contributed by atoms with van der Waals surface area (Å²) in [6.45, 7) is 4.62. The fourth-order valence-corrected chi connectivity index (χ4v) is 2.96.